The number of benzene rings is 2. The third-order valence-corrected chi connectivity index (χ3v) is 2.76. The summed E-state index contributed by atoms with van der Waals surface area (Å²) in [5, 5.41) is 2.02. The van der Waals surface area contributed by atoms with Crippen molar-refractivity contribution in [2.24, 2.45) is 0 Å². The van der Waals surface area contributed by atoms with E-state index < -0.39 is 0 Å². The van der Waals surface area contributed by atoms with Crippen LogP contribution in [0.3, 0.4) is 0 Å². The molecule has 0 amide bonds. The lowest BCUT2D eigenvalue weighted by Crippen LogP contribution is -1.97. The molecular weight excluding hydrogens is 212 g/mol. The minimum atomic E-state index is 0.689. The van der Waals surface area contributed by atoms with E-state index in [9.17, 15) is 4.79 Å². The highest BCUT2D eigenvalue weighted by atomic mass is 16.5. The maximum Gasteiger partial charge on any atom is 0.150 e. The van der Waals surface area contributed by atoms with Gasteiger partial charge in [-0.1, -0.05) is 37.6 Å². The van der Waals surface area contributed by atoms with Gasteiger partial charge in [0.25, 0.3) is 0 Å². The molecule has 0 aliphatic rings. The van der Waals surface area contributed by atoms with Gasteiger partial charge >= 0.3 is 0 Å². The second-order valence-corrected chi connectivity index (χ2v) is 4.05. The summed E-state index contributed by atoms with van der Waals surface area (Å²) in [6.07, 6.45) is 3.02. The van der Waals surface area contributed by atoms with Crippen LogP contribution in [0.1, 0.15) is 30.1 Å². The van der Waals surface area contributed by atoms with Crippen LogP contribution in [0.5, 0.6) is 5.75 Å². The van der Waals surface area contributed by atoms with Gasteiger partial charge in [-0.3, -0.25) is 4.79 Å². The number of hydrogen-bond acceptors (Lipinski definition) is 2. The SMILES string of the molecule is CCCCOc1cc(C=O)c2ccccc2c1. The van der Waals surface area contributed by atoms with Gasteiger partial charge in [0.05, 0.1) is 6.61 Å². The van der Waals surface area contributed by atoms with Crippen LogP contribution in [0.15, 0.2) is 36.4 Å². The number of hydrogen-bond donors (Lipinski definition) is 0. The van der Waals surface area contributed by atoms with E-state index in [0.717, 1.165) is 35.6 Å². The lowest BCUT2D eigenvalue weighted by atomic mass is 10.1. The Balaban J connectivity index is 2.35. The Morgan fingerprint density at radius 2 is 2.06 bits per heavy atom. The maximum absolute atomic E-state index is 11.0. The summed E-state index contributed by atoms with van der Waals surface area (Å²) < 4.78 is 5.64. The fourth-order valence-electron chi connectivity index (χ4n) is 1.83. The van der Waals surface area contributed by atoms with Crippen molar-refractivity contribution < 1.29 is 9.53 Å². The summed E-state index contributed by atoms with van der Waals surface area (Å²) in [6, 6.07) is 11.6. The quantitative estimate of drug-likeness (QED) is 0.574. The molecule has 0 aromatic heterocycles. The molecule has 2 aromatic carbocycles. The van der Waals surface area contributed by atoms with Gasteiger partial charge in [0.15, 0.2) is 6.29 Å². The molecule has 17 heavy (non-hydrogen) atoms. The molecule has 2 heteroatoms. The van der Waals surface area contributed by atoms with Crippen molar-refractivity contribution in [1.29, 1.82) is 0 Å². The van der Waals surface area contributed by atoms with E-state index in [0.29, 0.717) is 12.2 Å². The second-order valence-electron chi connectivity index (χ2n) is 4.05. The largest absolute Gasteiger partial charge is 0.494 e. The minimum Gasteiger partial charge on any atom is -0.494 e. The fraction of sp³-hybridized carbons (Fsp3) is 0.267. The van der Waals surface area contributed by atoms with Gasteiger partial charge in [-0.15, -0.1) is 0 Å². The predicted octanol–water partition coefficient (Wildman–Crippen LogP) is 3.83. The van der Waals surface area contributed by atoms with Gasteiger partial charge < -0.3 is 4.74 Å². The summed E-state index contributed by atoms with van der Waals surface area (Å²) >= 11 is 0. The minimum absolute atomic E-state index is 0.689. The van der Waals surface area contributed by atoms with Crippen molar-refractivity contribution in [3.8, 4) is 5.75 Å². The van der Waals surface area contributed by atoms with E-state index in [-0.39, 0.29) is 0 Å². The molecule has 2 rings (SSSR count). The van der Waals surface area contributed by atoms with Crippen LogP contribution < -0.4 is 4.74 Å². The Morgan fingerprint density at radius 3 is 2.82 bits per heavy atom. The summed E-state index contributed by atoms with van der Waals surface area (Å²) in [5.74, 6) is 0.777. The number of carbonyl (C=O) groups excluding carboxylic acids is 1. The summed E-state index contributed by atoms with van der Waals surface area (Å²) in [5.41, 5.74) is 0.689. The molecule has 0 spiro atoms. The molecule has 2 nitrogen and oxygen atoms in total. The first-order valence-corrected chi connectivity index (χ1v) is 5.96. The topological polar surface area (TPSA) is 26.3 Å². The normalized spacial score (nSPS) is 10.4. The molecule has 0 bridgehead atoms. The molecule has 0 radical (unpaired) electrons. The van der Waals surface area contributed by atoms with Crippen LogP contribution in [0.2, 0.25) is 0 Å². The van der Waals surface area contributed by atoms with Crippen molar-refractivity contribution in [1.82, 2.24) is 0 Å². The molecule has 0 aliphatic heterocycles. The zero-order valence-electron chi connectivity index (χ0n) is 9.98. The van der Waals surface area contributed by atoms with E-state index in [2.05, 4.69) is 6.92 Å². The van der Waals surface area contributed by atoms with Crippen LogP contribution in [-0.2, 0) is 0 Å². The van der Waals surface area contributed by atoms with E-state index in [4.69, 9.17) is 4.74 Å². The Kier molecular flexibility index (Phi) is 3.76. The first-order chi connectivity index (χ1) is 8.35. The first kappa shape index (κ1) is 11.6. The number of fused-ring (bicyclic) bond motifs is 1. The smallest absolute Gasteiger partial charge is 0.150 e. The van der Waals surface area contributed by atoms with E-state index in [1.54, 1.807) is 0 Å². The molecule has 0 atom stereocenters. The van der Waals surface area contributed by atoms with Crippen molar-refractivity contribution in [3.05, 3.63) is 42.0 Å². The highest BCUT2D eigenvalue weighted by Crippen LogP contribution is 2.24. The number of carbonyl (C=O) groups is 1. The molecule has 88 valence electrons. The average Bonchev–Trinajstić information content (AvgIpc) is 2.38. The maximum atomic E-state index is 11.0. The van der Waals surface area contributed by atoms with Crippen molar-refractivity contribution >= 4 is 17.1 Å². The van der Waals surface area contributed by atoms with Crippen molar-refractivity contribution in [2.45, 2.75) is 19.8 Å². The number of aldehydes is 1. The Bertz CT molecular complexity index is 517. The molecule has 0 fully saturated rings. The van der Waals surface area contributed by atoms with Gasteiger partial charge in [0, 0.05) is 5.56 Å². The van der Waals surface area contributed by atoms with Gasteiger partial charge in [-0.25, -0.2) is 0 Å². The summed E-state index contributed by atoms with van der Waals surface area (Å²) in [6.45, 7) is 2.83. The van der Waals surface area contributed by atoms with Gasteiger partial charge in [-0.2, -0.15) is 0 Å². The standard InChI is InChI=1S/C15H16O2/c1-2-3-8-17-14-9-12-6-4-5-7-15(12)13(10-14)11-16/h4-7,9-11H,2-3,8H2,1H3. The lowest BCUT2D eigenvalue weighted by molar-refractivity contribution is 0.112. The third-order valence-electron chi connectivity index (χ3n) is 2.76. The summed E-state index contributed by atoms with van der Waals surface area (Å²) in [4.78, 5) is 11.0. The number of unbranched alkanes of at least 4 members (excludes halogenated alkanes) is 1. The highest BCUT2D eigenvalue weighted by Gasteiger charge is 2.03. The fourth-order valence-corrected chi connectivity index (χ4v) is 1.83. The Hall–Kier alpha value is -1.83. The zero-order chi connectivity index (χ0) is 12.1. The van der Waals surface area contributed by atoms with E-state index >= 15 is 0 Å². The predicted molar refractivity (Wildman–Crippen MR) is 69.7 cm³/mol. The van der Waals surface area contributed by atoms with E-state index in [1.165, 1.54) is 0 Å². The molecule has 0 unspecified atom stereocenters. The third kappa shape index (κ3) is 2.64. The molecule has 0 saturated heterocycles. The van der Waals surface area contributed by atoms with Crippen molar-refractivity contribution in [3.63, 3.8) is 0 Å². The van der Waals surface area contributed by atoms with Crippen molar-refractivity contribution in [2.75, 3.05) is 6.61 Å². The highest BCUT2D eigenvalue weighted by molar-refractivity contribution is 5.99. The van der Waals surface area contributed by atoms with Crippen LogP contribution in [0.4, 0.5) is 0 Å². The van der Waals surface area contributed by atoms with Crippen LogP contribution in [0, 0.1) is 0 Å². The van der Waals surface area contributed by atoms with Crippen LogP contribution in [-0.4, -0.2) is 12.9 Å². The van der Waals surface area contributed by atoms with Gasteiger partial charge in [0.1, 0.15) is 5.75 Å². The summed E-state index contributed by atoms with van der Waals surface area (Å²) in [7, 11) is 0. The molecule has 0 saturated carbocycles. The second kappa shape index (κ2) is 5.48. The molecule has 0 N–H and O–H groups in total. The Morgan fingerprint density at radius 1 is 1.24 bits per heavy atom. The van der Waals surface area contributed by atoms with Crippen LogP contribution >= 0.6 is 0 Å². The number of ether oxygens (including phenoxy) is 1. The number of rotatable bonds is 5. The molecule has 0 aliphatic carbocycles. The zero-order valence-corrected chi connectivity index (χ0v) is 9.98. The lowest BCUT2D eigenvalue weighted by Gasteiger charge is -2.08. The Labute approximate surface area is 101 Å². The molecular formula is C15H16O2. The molecule has 2 aromatic rings. The van der Waals surface area contributed by atoms with Gasteiger partial charge in [0.2, 0.25) is 0 Å². The van der Waals surface area contributed by atoms with E-state index in [1.807, 2.05) is 36.4 Å². The van der Waals surface area contributed by atoms with Gasteiger partial charge in [-0.05, 0) is 29.3 Å². The average molecular weight is 228 g/mol. The molecule has 0 heterocycles. The first-order valence-electron chi connectivity index (χ1n) is 5.96. The monoisotopic (exact) mass is 228 g/mol. The van der Waals surface area contributed by atoms with Crippen LogP contribution in [0.25, 0.3) is 10.8 Å².